The third kappa shape index (κ3) is 4.72. The lowest BCUT2D eigenvalue weighted by molar-refractivity contribution is -0.926. The summed E-state index contributed by atoms with van der Waals surface area (Å²) in [7, 11) is 0. The summed E-state index contributed by atoms with van der Waals surface area (Å²) < 4.78 is 6.85. The van der Waals surface area contributed by atoms with E-state index < -0.39 is 0 Å². The number of rotatable bonds is 9. The molecule has 3 heteroatoms. The third-order valence-corrected chi connectivity index (χ3v) is 5.99. The van der Waals surface area contributed by atoms with Crippen molar-refractivity contribution in [2.45, 2.75) is 52.9 Å². The summed E-state index contributed by atoms with van der Waals surface area (Å²) in [5, 5.41) is 0. The van der Waals surface area contributed by atoms with Gasteiger partial charge in [-0.25, -0.2) is 0 Å². The molecule has 0 aromatic carbocycles. The lowest BCUT2D eigenvalue weighted by atomic mass is 9.70. The second-order valence-corrected chi connectivity index (χ2v) is 7.54. The molecule has 0 aromatic heterocycles. The zero-order valence-corrected chi connectivity index (χ0v) is 15.9. The van der Waals surface area contributed by atoms with E-state index in [-0.39, 0.29) is 11.9 Å². The average molecular weight is 335 g/mol. The van der Waals surface area contributed by atoms with Crippen LogP contribution in [0.1, 0.15) is 52.9 Å². The number of esters is 1. The highest BCUT2D eigenvalue weighted by molar-refractivity contribution is 5.73. The Labute approximate surface area is 148 Å². The van der Waals surface area contributed by atoms with Gasteiger partial charge in [0.15, 0.2) is 0 Å². The van der Waals surface area contributed by atoms with E-state index in [0.29, 0.717) is 18.4 Å². The molecule has 0 saturated heterocycles. The molecular weight excluding hydrogens is 298 g/mol. The molecule has 0 radical (unpaired) electrons. The first kappa shape index (κ1) is 19.2. The Balaban J connectivity index is 1.87. The second kappa shape index (κ2) is 9.41. The monoisotopic (exact) mass is 334 g/mol. The lowest BCUT2D eigenvalue weighted by Gasteiger charge is -2.38. The zero-order chi connectivity index (χ0) is 17.4. The van der Waals surface area contributed by atoms with Crippen molar-refractivity contribution < 1.29 is 14.0 Å². The van der Waals surface area contributed by atoms with Crippen LogP contribution in [0.15, 0.2) is 24.3 Å². The Morgan fingerprint density at radius 1 is 1.04 bits per heavy atom. The van der Waals surface area contributed by atoms with Crippen molar-refractivity contribution in [3.05, 3.63) is 24.3 Å². The van der Waals surface area contributed by atoms with Gasteiger partial charge in [-0.1, -0.05) is 44.6 Å². The first-order valence-electron chi connectivity index (χ1n) is 10.0. The van der Waals surface area contributed by atoms with Crippen LogP contribution in [-0.2, 0) is 9.53 Å². The van der Waals surface area contributed by atoms with Gasteiger partial charge in [-0.15, -0.1) is 0 Å². The number of quaternary nitrogens is 1. The largest absolute Gasteiger partial charge is 0.459 e. The molecular formula is C21H36NO2+. The number of nitrogens with zero attached hydrogens (tertiary/aromatic N) is 1. The molecule has 2 aliphatic rings. The summed E-state index contributed by atoms with van der Waals surface area (Å²) in [6.45, 7) is 11.8. The minimum absolute atomic E-state index is 0.0341. The summed E-state index contributed by atoms with van der Waals surface area (Å²) in [4.78, 5) is 12.7. The van der Waals surface area contributed by atoms with E-state index in [1.165, 1.54) is 32.4 Å². The Hall–Kier alpha value is -1.09. The fraction of sp³-hybridized carbons (Fsp3) is 0.762. The molecule has 136 valence electrons. The maximum atomic E-state index is 12.7. The van der Waals surface area contributed by atoms with Crippen molar-refractivity contribution in [2.24, 2.45) is 17.8 Å². The van der Waals surface area contributed by atoms with Crippen molar-refractivity contribution in [1.82, 2.24) is 0 Å². The van der Waals surface area contributed by atoms with Gasteiger partial charge in [0.1, 0.15) is 13.2 Å². The Bertz CT molecular complexity index is 449. The van der Waals surface area contributed by atoms with Crippen molar-refractivity contribution in [3.8, 4) is 0 Å². The van der Waals surface area contributed by atoms with Crippen molar-refractivity contribution in [2.75, 3.05) is 32.8 Å². The predicted octanol–water partition coefficient (Wildman–Crippen LogP) is 4.34. The highest BCUT2D eigenvalue weighted by Crippen LogP contribution is 2.39. The summed E-state index contributed by atoms with van der Waals surface area (Å²) in [5.74, 6) is 0.984. The smallest absolute Gasteiger partial charge is 0.309 e. The van der Waals surface area contributed by atoms with Crippen LogP contribution in [0.25, 0.3) is 0 Å². The van der Waals surface area contributed by atoms with E-state index in [1.807, 2.05) is 0 Å². The molecule has 0 amide bonds. The van der Waals surface area contributed by atoms with Crippen LogP contribution in [0.3, 0.4) is 0 Å². The molecule has 3 atom stereocenters. The van der Waals surface area contributed by atoms with E-state index >= 15 is 0 Å². The number of carbonyl (C=O) groups excluding carboxylic acids is 1. The third-order valence-electron chi connectivity index (χ3n) is 5.99. The quantitative estimate of drug-likeness (QED) is 0.463. The topological polar surface area (TPSA) is 26.3 Å². The summed E-state index contributed by atoms with van der Waals surface area (Å²) in [5.41, 5.74) is 0. The maximum Gasteiger partial charge on any atom is 0.309 e. The molecule has 0 heterocycles. The molecule has 2 aliphatic carbocycles. The van der Waals surface area contributed by atoms with Crippen LogP contribution in [-0.4, -0.2) is 43.2 Å². The number of carbonyl (C=O) groups is 1. The molecule has 24 heavy (non-hydrogen) atoms. The Kier molecular flexibility index (Phi) is 7.54. The molecule has 0 spiro atoms. The van der Waals surface area contributed by atoms with Crippen LogP contribution in [0.4, 0.5) is 0 Å². The number of fused-ring (bicyclic) bond motifs is 1. The molecule has 1 fully saturated rings. The average Bonchev–Trinajstić information content (AvgIpc) is 2.61. The summed E-state index contributed by atoms with van der Waals surface area (Å²) >= 11 is 0. The van der Waals surface area contributed by atoms with Crippen LogP contribution in [0.2, 0.25) is 0 Å². The highest BCUT2D eigenvalue weighted by Gasteiger charge is 2.36. The molecule has 0 aromatic rings. The van der Waals surface area contributed by atoms with E-state index in [4.69, 9.17) is 4.74 Å². The second-order valence-electron chi connectivity index (χ2n) is 7.54. The number of hydrogen-bond acceptors (Lipinski definition) is 2. The summed E-state index contributed by atoms with van der Waals surface area (Å²) in [6.07, 6.45) is 14.4. The van der Waals surface area contributed by atoms with Crippen LogP contribution < -0.4 is 0 Å². The molecule has 0 N–H and O–H groups in total. The van der Waals surface area contributed by atoms with E-state index in [2.05, 4.69) is 45.1 Å². The molecule has 1 saturated carbocycles. The molecule has 3 nitrogen and oxygen atoms in total. The number of ether oxygens (including phenoxy) is 1. The molecule has 2 rings (SSSR count). The van der Waals surface area contributed by atoms with Gasteiger partial charge in [0.05, 0.1) is 25.6 Å². The van der Waals surface area contributed by atoms with Gasteiger partial charge in [0, 0.05) is 0 Å². The van der Waals surface area contributed by atoms with Gasteiger partial charge < -0.3 is 9.22 Å². The van der Waals surface area contributed by atoms with Gasteiger partial charge in [0.25, 0.3) is 0 Å². The Morgan fingerprint density at radius 2 is 1.75 bits per heavy atom. The minimum Gasteiger partial charge on any atom is -0.459 e. The first-order chi connectivity index (χ1) is 11.7. The predicted molar refractivity (Wildman–Crippen MR) is 99.5 cm³/mol. The molecule has 0 bridgehead atoms. The van der Waals surface area contributed by atoms with Crippen LogP contribution in [0.5, 0.6) is 0 Å². The fourth-order valence-corrected chi connectivity index (χ4v) is 4.64. The van der Waals surface area contributed by atoms with Gasteiger partial charge in [-0.2, -0.15) is 0 Å². The minimum atomic E-state index is 0.0341. The standard InChI is InChI=1S/C21H36NO2/c1-4-14-22(6-3,15-5-2)16-17-24-21(23)20-13-9-11-18-10-7-8-12-19(18)20/h7-8,10,12,18-20H,4-6,9,11,13-17H2,1-3H3/q+1. The van der Waals surface area contributed by atoms with Crippen molar-refractivity contribution in [1.29, 1.82) is 0 Å². The normalized spacial score (nSPS) is 26.2. The van der Waals surface area contributed by atoms with E-state index in [0.717, 1.165) is 30.4 Å². The number of allylic oxidation sites excluding steroid dienone is 4. The van der Waals surface area contributed by atoms with Crippen molar-refractivity contribution >= 4 is 5.97 Å². The Morgan fingerprint density at radius 3 is 2.42 bits per heavy atom. The van der Waals surface area contributed by atoms with Crippen LogP contribution in [0, 0.1) is 17.8 Å². The van der Waals surface area contributed by atoms with Gasteiger partial charge >= 0.3 is 5.97 Å². The van der Waals surface area contributed by atoms with Gasteiger partial charge in [-0.05, 0) is 44.4 Å². The first-order valence-corrected chi connectivity index (χ1v) is 10.0. The molecule has 0 aliphatic heterocycles. The summed E-state index contributed by atoms with van der Waals surface area (Å²) in [6, 6.07) is 0. The van der Waals surface area contributed by atoms with Gasteiger partial charge in [-0.3, -0.25) is 4.79 Å². The SMILES string of the molecule is CCC[N+](CC)(CCC)CCOC(=O)C1CCCC2C=CC=CC21. The lowest BCUT2D eigenvalue weighted by Crippen LogP contribution is -2.51. The fourth-order valence-electron chi connectivity index (χ4n) is 4.64. The number of likely N-dealkylation sites (N-methyl/N-ethyl adjacent to an activating group) is 1. The maximum absolute atomic E-state index is 12.7. The number of hydrogen-bond donors (Lipinski definition) is 0. The van der Waals surface area contributed by atoms with E-state index in [1.54, 1.807) is 0 Å². The van der Waals surface area contributed by atoms with Crippen molar-refractivity contribution in [3.63, 3.8) is 0 Å². The van der Waals surface area contributed by atoms with Crippen LogP contribution >= 0.6 is 0 Å². The van der Waals surface area contributed by atoms with E-state index in [9.17, 15) is 4.79 Å². The zero-order valence-electron chi connectivity index (χ0n) is 15.9. The molecule has 3 unspecified atom stereocenters. The highest BCUT2D eigenvalue weighted by atomic mass is 16.5. The van der Waals surface area contributed by atoms with Gasteiger partial charge in [0.2, 0.25) is 0 Å².